The van der Waals surface area contributed by atoms with Gasteiger partial charge in [-0.2, -0.15) is 13.2 Å². The summed E-state index contributed by atoms with van der Waals surface area (Å²) >= 11 is 0. The number of nitrogens with two attached hydrogens (primary N) is 1. The number of aliphatic imine (C=N–C) groups is 1. The molecule has 0 unspecified atom stereocenters. The Morgan fingerprint density at radius 3 is 2.20 bits per heavy atom. The Morgan fingerprint density at radius 2 is 1.48 bits per heavy atom. The fraction of sp³-hybridized carbons (Fsp3) is 0.418. The van der Waals surface area contributed by atoms with E-state index >= 15 is 0 Å². The zero-order valence-electron chi connectivity index (χ0n) is 62.2. The largest absolute Gasteiger partial charge is 0.454 e. The van der Waals surface area contributed by atoms with Gasteiger partial charge in [-0.1, -0.05) is 99.6 Å². The summed E-state index contributed by atoms with van der Waals surface area (Å²) in [7, 11) is 3.57. The highest BCUT2D eigenvalue weighted by molar-refractivity contribution is 6.07. The van der Waals surface area contributed by atoms with Crippen molar-refractivity contribution in [1.82, 2.24) is 61.6 Å². The number of rotatable bonds is 19. The number of fused-ring (bicyclic) bond motifs is 2. The van der Waals surface area contributed by atoms with E-state index in [1.807, 2.05) is 61.6 Å². The first-order valence-corrected chi connectivity index (χ1v) is 36.7. The third kappa shape index (κ3) is 22.3. The molecule has 0 radical (unpaired) electrons. The summed E-state index contributed by atoms with van der Waals surface area (Å²) in [6.07, 6.45) is 1.57. The maximum absolute atomic E-state index is 13.7. The summed E-state index contributed by atoms with van der Waals surface area (Å²) in [5, 5.41) is 22.4. The molecule has 580 valence electrons. The van der Waals surface area contributed by atoms with Crippen LogP contribution in [0.15, 0.2) is 144 Å². The highest BCUT2D eigenvalue weighted by atomic mass is 19.4. The maximum atomic E-state index is 13.7. The molecular weight excluding hydrogens is 1410 g/mol. The van der Waals surface area contributed by atoms with Gasteiger partial charge in [0.2, 0.25) is 47.8 Å². The van der Waals surface area contributed by atoms with Crippen molar-refractivity contribution in [3.63, 3.8) is 0 Å². The van der Waals surface area contributed by atoms with Gasteiger partial charge in [0, 0.05) is 115 Å². The van der Waals surface area contributed by atoms with Gasteiger partial charge >= 0.3 is 6.18 Å². The molecule has 3 saturated heterocycles. The number of nitrogens with zero attached hydrogens (tertiary/aromatic N) is 6. The molecule has 0 saturated carbocycles. The summed E-state index contributed by atoms with van der Waals surface area (Å²) < 4.78 is 59.4. The fourth-order valence-corrected chi connectivity index (χ4v) is 13.0. The molecule has 4 atom stereocenters. The van der Waals surface area contributed by atoms with Crippen LogP contribution in [0, 0.1) is 5.92 Å². The highest BCUT2D eigenvalue weighted by Gasteiger charge is 2.40. The van der Waals surface area contributed by atoms with Crippen LogP contribution in [-0.2, 0) is 72.2 Å². The predicted molar refractivity (Wildman–Crippen MR) is 407 cm³/mol. The molecule has 0 aliphatic carbocycles. The lowest BCUT2D eigenvalue weighted by Gasteiger charge is -2.35. The number of nitrogens with one attached hydrogen (secondary N) is 9. The number of benzene rings is 5. The Balaban J connectivity index is 0.000000177. The third-order valence-corrected chi connectivity index (χ3v) is 19.4. The van der Waals surface area contributed by atoms with Crippen molar-refractivity contribution >= 4 is 58.7 Å². The van der Waals surface area contributed by atoms with Gasteiger partial charge in [0.15, 0.2) is 17.5 Å². The summed E-state index contributed by atoms with van der Waals surface area (Å²) in [5.74, 6) is -1.06. The van der Waals surface area contributed by atoms with E-state index in [9.17, 15) is 51.5 Å². The van der Waals surface area contributed by atoms with E-state index in [2.05, 4.69) is 102 Å². The summed E-state index contributed by atoms with van der Waals surface area (Å²) in [5.41, 5.74) is 10.0. The summed E-state index contributed by atoms with van der Waals surface area (Å²) in [6.45, 7) is 15.9. The van der Waals surface area contributed by atoms with Crippen molar-refractivity contribution in [3.8, 4) is 33.9 Å². The van der Waals surface area contributed by atoms with Gasteiger partial charge < -0.3 is 81.8 Å². The first-order chi connectivity index (χ1) is 52.3. The lowest BCUT2D eigenvalue weighted by molar-refractivity contribution is -0.138. The molecule has 30 heteroatoms. The summed E-state index contributed by atoms with van der Waals surface area (Å²) in [6, 6.07) is 33.7. The molecule has 27 nitrogen and oxygen atoms in total. The highest BCUT2D eigenvalue weighted by Crippen LogP contribution is 2.37. The molecule has 11 N–H and O–H groups in total. The molecule has 7 heterocycles. The van der Waals surface area contributed by atoms with E-state index in [0.29, 0.717) is 75.3 Å². The normalized spacial score (nSPS) is 19.3. The summed E-state index contributed by atoms with van der Waals surface area (Å²) in [4.78, 5) is 121. The Bertz CT molecular complexity index is 4420. The number of carbonyl (C=O) groups excluding carboxylic acids is 7. The number of morpholine rings is 1. The van der Waals surface area contributed by atoms with Gasteiger partial charge in [-0.25, -0.2) is 4.98 Å². The first-order valence-electron chi connectivity index (χ1n) is 36.7. The number of amides is 7. The second-order valence-electron chi connectivity index (χ2n) is 27.9. The molecule has 7 amide bonds. The molecule has 5 aromatic carbocycles. The van der Waals surface area contributed by atoms with Crippen molar-refractivity contribution in [2.24, 2.45) is 16.6 Å². The standard InChI is InChI=1S/C29H32F3N5O3.C28H44N8O5.C22H21N3O3/c1-35-7-9-37(10-8-35)26-6-5-22(21-4-2-3-20(15-21)19-36-11-13-40-14-12-36)16-25(26)34-28(39)23-18-33-27(38)17-24(23)29(30,31)32;1-6-19-23(38)35-21(18-11-8-7-9-12-18)25(40)31-16-14-28(4,36-22(37)17(2)3)26(41)34-20(24(39)33-19)13-10-15-32-27(29)30-5;26-22(11-15-6-7-19-20(10-15)28-14-27-19)23-12-16-3-1-4-17(9-16)18-13-25-8-2-5-21(25)24-18/h2-6,15-18H,7-14,19H2,1H3,(H,33,38)(H,34,39);7-9,11-12,17,19-21H,6,10,13-16H2,1-5H3,(H,31,40)(H,33,39)(H,34,41)(H,35,38)(H,36,37)(H3,29,30,32);1,3-4,6-7,9-10,13H,2,5,8,11-12,14H2,(H,23,26)/t;19-,20-,21+,28+;/m.0./s1. The number of carbonyl (C=O) groups is 7. The number of aromatic nitrogens is 3. The lowest BCUT2D eigenvalue weighted by atomic mass is 9.94. The van der Waals surface area contributed by atoms with E-state index < -0.39 is 82.0 Å². The van der Waals surface area contributed by atoms with Gasteiger partial charge in [-0.3, -0.25) is 48.2 Å². The van der Waals surface area contributed by atoms with Crippen molar-refractivity contribution in [2.75, 3.05) is 96.7 Å². The van der Waals surface area contributed by atoms with Crippen molar-refractivity contribution < 1.29 is 60.9 Å². The van der Waals surface area contributed by atoms with Gasteiger partial charge in [0.05, 0.1) is 47.8 Å². The molecule has 12 rings (SSSR count). The molecule has 109 heavy (non-hydrogen) atoms. The third-order valence-electron chi connectivity index (χ3n) is 19.4. The van der Waals surface area contributed by atoms with Gasteiger partial charge in [-0.15, -0.1) is 0 Å². The second-order valence-corrected chi connectivity index (χ2v) is 27.9. The SMILES string of the molecule is CC[C@@H]1NC(=O)[C@H](CCCNC(N)=NC)NC(=O)[C@](C)(NC(=O)C(C)C)CCNC(=O)[C@@H](c2ccccc2)NC1=O.CN1CCN(c2ccc(-c3cccc(CN4CCOCC4)c3)cc2NC(=O)c2c[nH]c(=O)cc2C(F)(F)F)CC1.O=C(Cc1ccc2c(c1)OCO2)NCc1cccc(-c2cn3c(n2)CCC3)c1. The van der Waals surface area contributed by atoms with Crippen LogP contribution in [0.1, 0.15) is 110 Å². The van der Waals surface area contributed by atoms with Crippen LogP contribution in [0.4, 0.5) is 24.5 Å². The molecule has 0 spiro atoms. The Morgan fingerprint density at radius 1 is 0.761 bits per heavy atom. The number of likely N-dealkylation sites (N-methyl/N-ethyl adjacent to an activating group) is 1. The van der Waals surface area contributed by atoms with Crippen LogP contribution in [0.5, 0.6) is 11.5 Å². The average molecular weight is 1500 g/mol. The topological polar surface area (TPSA) is 342 Å². The Hall–Kier alpha value is -11.1. The number of imidazole rings is 1. The molecule has 5 aliphatic rings. The number of pyridine rings is 1. The number of alkyl halides is 3. The zero-order valence-corrected chi connectivity index (χ0v) is 62.2. The van der Waals surface area contributed by atoms with E-state index in [1.165, 1.54) is 6.42 Å². The van der Waals surface area contributed by atoms with Crippen LogP contribution in [0.25, 0.3) is 22.4 Å². The van der Waals surface area contributed by atoms with Crippen molar-refractivity contribution in [1.29, 1.82) is 0 Å². The zero-order chi connectivity index (χ0) is 77.8. The number of hydrogen-bond donors (Lipinski definition) is 10. The molecule has 7 aromatic rings. The van der Waals surface area contributed by atoms with Crippen LogP contribution in [0.2, 0.25) is 0 Å². The second kappa shape index (κ2) is 37.6. The Labute approximate surface area is 631 Å². The lowest BCUT2D eigenvalue weighted by Crippen LogP contribution is -2.63. The minimum Gasteiger partial charge on any atom is -0.454 e. The number of aryl methyl sites for hydroxylation is 2. The van der Waals surface area contributed by atoms with Crippen molar-refractivity contribution in [3.05, 3.63) is 183 Å². The minimum atomic E-state index is -4.86. The van der Waals surface area contributed by atoms with E-state index in [-0.39, 0.29) is 50.4 Å². The number of ether oxygens (including phenoxy) is 3. The molecule has 2 aromatic heterocycles. The van der Waals surface area contributed by atoms with E-state index in [1.54, 1.807) is 71.1 Å². The number of piperazine rings is 1. The van der Waals surface area contributed by atoms with E-state index in [4.69, 9.17) is 24.9 Å². The van der Waals surface area contributed by atoms with Crippen LogP contribution >= 0.6 is 0 Å². The van der Waals surface area contributed by atoms with Crippen LogP contribution in [-0.4, -0.2) is 176 Å². The molecule has 0 bridgehead atoms. The number of anilines is 2. The minimum absolute atomic E-state index is 0.0218. The first kappa shape index (κ1) is 80.4. The smallest absolute Gasteiger partial charge is 0.417 e. The van der Waals surface area contributed by atoms with Gasteiger partial charge in [0.1, 0.15) is 29.5 Å². The number of H-pyrrole nitrogens is 1. The number of halogens is 3. The van der Waals surface area contributed by atoms with Gasteiger partial charge in [0.25, 0.3) is 5.91 Å². The Kier molecular flexibility index (Phi) is 27.8. The van der Waals surface area contributed by atoms with Gasteiger partial charge in [-0.05, 0) is 116 Å². The van der Waals surface area contributed by atoms with Crippen LogP contribution in [0.3, 0.4) is 0 Å². The predicted octanol–water partition coefficient (Wildman–Crippen LogP) is 6.57. The average Bonchev–Trinajstić information content (AvgIpc) is 1.76. The number of guanidine groups is 1. The van der Waals surface area contributed by atoms with E-state index in [0.717, 1.165) is 108 Å². The fourth-order valence-electron chi connectivity index (χ4n) is 13.0. The quantitative estimate of drug-likeness (QED) is 0.0232. The molecule has 5 aliphatic heterocycles. The number of hydrogen-bond acceptors (Lipinski definition) is 16. The molecule has 3 fully saturated rings. The van der Waals surface area contributed by atoms with Crippen LogP contribution < -0.4 is 68.2 Å². The number of aromatic amines is 1. The van der Waals surface area contributed by atoms with Crippen molar-refractivity contribution in [2.45, 2.75) is 122 Å². The monoisotopic (exact) mass is 1500 g/mol. The maximum Gasteiger partial charge on any atom is 0.417 e. The molecular formula is C79H97F3N16O11.